The fourth-order valence-electron chi connectivity index (χ4n) is 2.13. The van der Waals surface area contributed by atoms with Gasteiger partial charge in [0, 0.05) is 26.2 Å². The van der Waals surface area contributed by atoms with E-state index in [-0.39, 0.29) is 6.03 Å². The molecule has 13 heavy (non-hydrogen) atoms. The van der Waals surface area contributed by atoms with Crippen molar-refractivity contribution in [1.29, 1.82) is 0 Å². The maximum absolute atomic E-state index is 11.3. The van der Waals surface area contributed by atoms with Crippen LogP contribution in [0.3, 0.4) is 0 Å². The fourth-order valence-corrected chi connectivity index (χ4v) is 2.13. The van der Waals surface area contributed by atoms with E-state index in [4.69, 9.17) is 0 Å². The van der Waals surface area contributed by atoms with E-state index in [1.54, 1.807) is 0 Å². The van der Waals surface area contributed by atoms with Crippen LogP contribution in [0, 0.1) is 5.41 Å². The van der Waals surface area contributed by atoms with Crippen molar-refractivity contribution in [3.8, 4) is 0 Å². The number of hydrogen-bond acceptors (Lipinski definition) is 2. The Balaban J connectivity index is 1.92. The van der Waals surface area contributed by atoms with Crippen molar-refractivity contribution < 1.29 is 4.79 Å². The van der Waals surface area contributed by atoms with Gasteiger partial charge in [0.25, 0.3) is 0 Å². The summed E-state index contributed by atoms with van der Waals surface area (Å²) in [6, 6.07) is 0.105. The van der Waals surface area contributed by atoms with Crippen LogP contribution in [0.2, 0.25) is 0 Å². The van der Waals surface area contributed by atoms with Gasteiger partial charge < -0.3 is 15.5 Å². The molecule has 2 fully saturated rings. The summed E-state index contributed by atoms with van der Waals surface area (Å²) < 4.78 is 0. The zero-order valence-electron chi connectivity index (χ0n) is 8.10. The van der Waals surface area contributed by atoms with Crippen LogP contribution in [0.4, 0.5) is 4.79 Å². The highest BCUT2D eigenvalue weighted by Gasteiger charge is 2.33. The molecule has 0 radical (unpaired) electrons. The van der Waals surface area contributed by atoms with Crippen LogP contribution in [0.5, 0.6) is 0 Å². The molecule has 0 aromatic heterocycles. The number of nitrogens with one attached hydrogen (secondary N) is 2. The van der Waals surface area contributed by atoms with Crippen LogP contribution >= 0.6 is 0 Å². The molecule has 1 atom stereocenters. The Morgan fingerprint density at radius 1 is 1.54 bits per heavy atom. The first kappa shape index (κ1) is 8.81. The standard InChI is InChI=1S/C9H17N3O/c1-9(2-3-10-6-9)7-12-5-4-11-8(12)13/h10H,2-7H2,1H3,(H,11,13). The second-order valence-corrected chi connectivity index (χ2v) is 4.39. The van der Waals surface area contributed by atoms with Gasteiger partial charge in [-0.3, -0.25) is 0 Å². The average molecular weight is 183 g/mol. The molecule has 2 aliphatic rings. The van der Waals surface area contributed by atoms with E-state index in [2.05, 4.69) is 17.6 Å². The van der Waals surface area contributed by atoms with E-state index in [1.165, 1.54) is 6.42 Å². The molecule has 0 aromatic rings. The van der Waals surface area contributed by atoms with Gasteiger partial charge in [0.2, 0.25) is 0 Å². The molecule has 0 spiro atoms. The Hall–Kier alpha value is -0.770. The van der Waals surface area contributed by atoms with Crippen molar-refractivity contribution >= 4 is 6.03 Å². The Morgan fingerprint density at radius 2 is 2.38 bits per heavy atom. The zero-order chi connectivity index (χ0) is 9.31. The highest BCUT2D eigenvalue weighted by molar-refractivity contribution is 5.76. The van der Waals surface area contributed by atoms with Gasteiger partial charge >= 0.3 is 6.03 Å². The molecule has 2 saturated heterocycles. The lowest BCUT2D eigenvalue weighted by atomic mass is 9.89. The summed E-state index contributed by atoms with van der Waals surface area (Å²) in [5.74, 6) is 0. The van der Waals surface area contributed by atoms with Gasteiger partial charge in [-0.1, -0.05) is 6.92 Å². The minimum absolute atomic E-state index is 0.105. The predicted molar refractivity (Wildman–Crippen MR) is 50.6 cm³/mol. The molecular formula is C9H17N3O. The minimum Gasteiger partial charge on any atom is -0.336 e. The van der Waals surface area contributed by atoms with E-state index < -0.39 is 0 Å². The third-order valence-corrected chi connectivity index (χ3v) is 2.97. The zero-order valence-corrected chi connectivity index (χ0v) is 8.10. The molecule has 4 heteroatoms. The molecule has 0 aromatic carbocycles. The molecule has 2 heterocycles. The van der Waals surface area contributed by atoms with Crippen LogP contribution in [0.15, 0.2) is 0 Å². The highest BCUT2D eigenvalue weighted by atomic mass is 16.2. The number of carbonyl (C=O) groups is 1. The summed E-state index contributed by atoms with van der Waals surface area (Å²) in [6.45, 7) is 6.95. The Labute approximate surface area is 78.7 Å². The SMILES string of the molecule is CC1(CN2CCNC2=O)CCNC1. The summed E-state index contributed by atoms with van der Waals surface area (Å²) >= 11 is 0. The number of rotatable bonds is 2. The van der Waals surface area contributed by atoms with Crippen molar-refractivity contribution in [2.75, 3.05) is 32.7 Å². The van der Waals surface area contributed by atoms with Gasteiger partial charge in [0.05, 0.1) is 0 Å². The minimum atomic E-state index is 0.105. The quantitative estimate of drug-likeness (QED) is 0.633. The molecule has 2 N–H and O–H groups in total. The van der Waals surface area contributed by atoms with Crippen LogP contribution in [-0.2, 0) is 0 Å². The van der Waals surface area contributed by atoms with Crippen LogP contribution < -0.4 is 10.6 Å². The Kier molecular flexibility index (Phi) is 2.15. The molecule has 0 aliphatic carbocycles. The van der Waals surface area contributed by atoms with Gasteiger partial charge in [-0.15, -0.1) is 0 Å². The van der Waals surface area contributed by atoms with E-state index in [0.29, 0.717) is 5.41 Å². The lowest BCUT2D eigenvalue weighted by molar-refractivity contribution is 0.189. The Morgan fingerprint density at radius 3 is 2.92 bits per heavy atom. The van der Waals surface area contributed by atoms with Crippen molar-refractivity contribution in [3.63, 3.8) is 0 Å². The van der Waals surface area contributed by atoms with Crippen molar-refractivity contribution in [2.24, 2.45) is 5.41 Å². The Bertz CT molecular complexity index is 211. The van der Waals surface area contributed by atoms with E-state index in [0.717, 1.165) is 32.7 Å². The maximum atomic E-state index is 11.3. The summed E-state index contributed by atoms with van der Waals surface area (Å²) in [4.78, 5) is 13.2. The van der Waals surface area contributed by atoms with E-state index >= 15 is 0 Å². The second-order valence-electron chi connectivity index (χ2n) is 4.39. The van der Waals surface area contributed by atoms with Crippen LogP contribution in [-0.4, -0.2) is 43.7 Å². The monoisotopic (exact) mass is 183 g/mol. The van der Waals surface area contributed by atoms with Gasteiger partial charge in [-0.2, -0.15) is 0 Å². The first-order chi connectivity index (χ1) is 6.20. The largest absolute Gasteiger partial charge is 0.336 e. The normalized spacial score (nSPS) is 33.9. The van der Waals surface area contributed by atoms with E-state index in [9.17, 15) is 4.79 Å². The highest BCUT2D eigenvalue weighted by Crippen LogP contribution is 2.25. The molecule has 0 bridgehead atoms. The molecule has 2 aliphatic heterocycles. The summed E-state index contributed by atoms with van der Waals surface area (Å²) in [6.07, 6.45) is 1.18. The summed E-state index contributed by atoms with van der Waals surface area (Å²) in [7, 11) is 0. The van der Waals surface area contributed by atoms with Crippen LogP contribution in [0.25, 0.3) is 0 Å². The third kappa shape index (κ3) is 1.77. The molecule has 0 saturated carbocycles. The molecule has 74 valence electrons. The van der Waals surface area contributed by atoms with Crippen molar-refractivity contribution in [3.05, 3.63) is 0 Å². The lowest BCUT2D eigenvalue weighted by Crippen LogP contribution is -2.39. The first-order valence-corrected chi connectivity index (χ1v) is 4.93. The van der Waals surface area contributed by atoms with Crippen LogP contribution in [0.1, 0.15) is 13.3 Å². The number of urea groups is 1. The summed E-state index contributed by atoms with van der Waals surface area (Å²) in [5.41, 5.74) is 0.293. The second kappa shape index (κ2) is 3.18. The van der Waals surface area contributed by atoms with E-state index in [1.807, 2.05) is 4.90 Å². The molecule has 2 amide bonds. The number of hydrogen-bond donors (Lipinski definition) is 2. The van der Waals surface area contributed by atoms with Gasteiger partial charge in [-0.25, -0.2) is 4.79 Å². The molecule has 2 rings (SSSR count). The molecular weight excluding hydrogens is 166 g/mol. The topological polar surface area (TPSA) is 44.4 Å². The lowest BCUT2D eigenvalue weighted by Gasteiger charge is -2.28. The third-order valence-electron chi connectivity index (χ3n) is 2.97. The van der Waals surface area contributed by atoms with Crippen molar-refractivity contribution in [2.45, 2.75) is 13.3 Å². The smallest absolute Gasteiger partial charge is 0.317 e. The number of nitrogens with zero attached hydrogens (tertiary/aromatic N) is 1. The molecule has 1 unspecified atom stereocenters. The number of carbonyl (C=O) groups excluding carboxylic acids is 1. The average Bonchev–Trinajstić information content (AvgIpc) is 2.64. The first-order valence-electron chi connectivity index (χ1n) is 4.93. The summed E-state index contributed by atoms with van der Waals surface area (Å²) in [5, 5.41) is 6.17. The van der Waals surface area contributed by atoms with Gasteiger partial charge in [0.15, 0.2) is 0 Å². The molecule has 4 nitrogen and oxygen atoms in total. The predicted octanol–water partition coefficient (Wildman–Crippen LogP) is 0.0112. The fraction of sp³-hybridized carbons (Fsp3) is 0.889. The number of amides is 2. The maximum Gasteiger partial charge on any atom is 0.317 e. The van der Waals surface area contributed by atoms with Gasteiger partial charge in [0.1, 0.15) is 0 Å². The van der Waals surface area contributed by atoms with Crippen molar-refractivity contribution in [1.82, 2.24) is 15.5 Å². The van der Waals surface area contributed by atoms with Gasteiger partial charge in [-0.05, 0) is 18.4 Å².